The van der Waals surface area contributed by atoms with Crippen LogP contribution in [0.3, 0.4) is 0 Å². The van der Waals surface area contributed by atoms with Crippen LogP contribution in [-0.2, 0) is 6.42 Å². The molecule has 0 radical (unpaired) electrons. The summed E-state index contributed by atoms with van der Waals surface area (Å²) in [5.74, 6) is 0. The van der Waals surface area contributed by atoms with Crippen molar-refractivity contribution < 1.29 is 4.79 Å². The predicted octanol–water partition coefficient (Wildman–Crippen LogP) is 3.17. The third-order valence-corrected chi connectivity index (χ3v) is 2.82. The third kappa shape index (κ3) is 2.34. The van der Waals surface area contributed by atoms with Crippen LogP contribution in [0.2, 0.25) is 5.28 Å². The van der Waals surface area contributed by atoms with E-state index in [0.29, 0.717) is 5.56 Å². The van der Waals surface area contributed by atoms with E-state index in [9.17, 15) is 4.79 Å². The second-order valence-electron chi connectivity index (χ2n) is 3.59. The van der Waals surface area contributed by atoms with Crippen molar-refractivity contribution in [3.8, 4) is 11.1 Å². The van der Waals surface area contributed by atoms with Gasteiger partial charge in [0.15, 0.2) is 0 Å². The van der Waals surface area contributed by atoms with Gasteiger partial charge in [-0.15, -0.1) is 0 Å². The second-order valence-corrected chi connectivity index (χ2v) is 3.92. The highest BCUT2D eigenvalue weighted by Gasteiger charge is 2.08. The van der Waals surface area contributed by atoms with Crippen molar-refractivity contribution in [2.45, 2.75) is 13.3 Å². The zero-order valence-corrected chi connectivity index (χ0v) is 10.1. The molecule has 2 rings (SSSR count). The minimum Gasteiger partial charge on any atom is -0.298 e. The second kappa shape index (κ2) is 5.06. The van der Waals surface area contributed by atoms with Crippen molar-refractivity contribution in [1.82, 2.24) is 9.97 Å². The van der Waals surface area contributed by atoms with Crippen LogP contribution in [0.1, 0.15) is 22.8 Å². The molecule has 0 unspecified atom stereocenters. The van der Waals surface area contributed by atoms with Crippen molar-refractivity contribution in [3.63, 3.8) is 0 Å². The van der Waals surface area contributed by atoms with E-state index in [-0.39, 0.29) is 5.28 Å². The van der Waals surface area contributed by atoms with Gasteiger partial charge >= 0.3 is 0 Å². The van der Waals surface area contributed by atoms with E-state index in [4.69, 9.17) is 11.6 Å². The lowest BCUT2D eigenvalue weighted by atomic mass is 9.96. The molecule has 0 atom stereocenters. The molecule has 1 aromatic carbocycles. The summed E-state index contributed by atoms with van der Waals surface area (Å²) in [7, 11) is 0. The van der Waals surface area contributed by atoms with Gasteiger partial charge in [0.25, 0.3) is 0 Å². The molecule has 3 nitrogen and oxygen atoms in total. The average molecular weight is 247 g/mol. The van der Waals surface area contributed by atoms with Gasteiger partial charge in [-0.1, -0.05) is 25.1 Å². The van der Waals surface area contributed by atoms with E-state index in [1.807, 2.05) is 25.1 Å². The molecule has 0 bridgehead atoms. The summed E-state index contributed by atoms with van der Waals surface area (Å²) in [6.45, 7) is 2.02. The number of halogens is 1. The van der Waals surface area contributed by atoms with Gasteiger partial charge in [-0.25, -0.2) is 9.97 Å². The molecule has 0 aliphatic heterocycles. The van der Waals surface area contributed by atoms with E-state index in [1.54, 1.807) is 12.4 Å². The van der Waals surface area contributed by atoms with Crippen LogP contribution in [0.4, 0.5) is 0 Å². The Labute approximate surface area is 104 Å². The van der Waals surface area contributed by atoms with Gasteiger partial charge < -0.3 is 0 Å². The van der Waals surface area contributed by atoms with Crippen LogP contribution in [0.15, 0.2) is 30.6 Å². The van der Waals surface area contributed by atoms with Crippen molar-refractivity contribution >= 4 is 17.9 Å². The molecule has 0 saturated carbocycles. The predicted molar refractivity (Wildman–Crippen MR) is 67.2 cm³/mol. The van der Waals surface area contributed by atoms with Crippen LogP contribution in [0.5, 0.6) is 0 Å². The Morgan fingerprint density at radius 2 is 2.00 bits per heavy atom. The van der Waals surface area contributed by atoms with E-state index < -0.39 is 0 Å². The SMILES string of the molecule is CCc1c(C=O)cccc1-c1cnc(Cl)nc1. The van der Waals surface area contributed by atoms with Gasteiger partial charge in [-0.3, -0.25) is 4.79 Å². The molecular formula is C13H11ClN2O. The summed E-state index contributed by atoms with van der Waals surface area (Å²) in [4.78, 5) is 18.9. The maximum Gasteiger partial charge on any atom is 0.222 e. The fourth-order valence-corrected chi connectivity index (χ4v) is 1.93. The number of aldehydes is 1. The van der Waals surface area contributed by atoms with Gasteiger partial charge in [0.05, 0.1) is 0 Å². The van der Waals surface area contributed by atoms with E-state index in [1.165, 1.54) is 0 Å². The molecule has 1 aromatic heterocycles. The summed E-state index contributed by atoms with van der Waals surface area (Å²) in [5, 5.41) is 0.221. The van der Waals surface area contributed by atoms with E-state index in [0.717, 1.165) is 29.4 Å². The summed E-state index contributed by atoms with van der Waals surface area (Å²) in [6.07, 6.45) is 4.99. The number of carbonyl (C=O) groups is 1. The summed E-state index contributed by atoms with van der Waals surface area (Å²) < 4.78 is 0. The Bertz CT molecular complexity index is 538. The first-order chi connectivity index (χ1) is 8.26. The van der Waals surface area contributed by atoms with Crippen LogP contribution >= 0.6 is 11.6 Å². The molecule has 0 amide bonds. The average Bonchev–Trinajstić information content (AvgIpc) is 2.38. The van der Waals surface area contributed by atoms with Crippen molar-refractivity contribution in [3.05, 3.63) is 47.0 Å². The van der Waals surface area contributed by atoms with Crippen molar-refractivity contribution in [2.24, 2.45) is 0 Å². The number of benzene rings is 1. The normalized spacial score (nSPS) is 10.2. The Morgan fingerprint density at radius 3 is 2.59 bits per heavy atom. The maximum absolute atomic E-state index is 11.0. The number of hydrogen-bond donors (Lipinski definition) is 0. The molecule has 0 saturated heterocycles. The standard InChI is InChI=1S/C13H11ClN2O/c1-2-11-9(8-17)4-3-5-12(11)10-6-15-13(14)16-7-10/h3-8H,2H2,1H3. The number of rotatable bonds is 3. The molecule has 0 spiro atoms. The molecule has 0 aliphatic carbocycles. The van der Waals surface area contributed by atoms with Crippen LogP contribution < -0.4 is 0 Å². The number of nitrogens with zero attached hydrogens (tertiary/aromatic N) is 2. The van der Waals surface area contributed by atoms with Gasteiger partial charge in [-0.2, -0.15) is 0 Å². The Kier molecular flexibility index (Phi) is 3.49. The summed E-state index contributed by atoms with van der Waals surface area (Å²) >= 11 is 5.65. The van der Waals surface area contributed by atoms with E-state index >= 15 is 0 Å². The van der Waals surface area contributed by atoms with Gasteiger partial charge in [0.2, 0.25) is 5.28 Å². The smallest absolute Gasteiger partial charge is 0.222 e. The quantitative estimate of drug-likeness (QED) is 0.617. The van der Waals surface area contributed by atoms with Gasteiger partial charge in [0, 0.05) is 23.5 Å². The molecular weight excluding hydrogens is 236 g/mol. The van der Waals surface area contributed by atoms with E-state index in [2.05, 4.69) is 9.97 Å². The third-order valence-electron chi connectivity index (χ3n) is 2.62. The molecule has 1 heterocycles. The molecule has 17 heavy (non-hydrogen) atoms. The molecule has 4 heteroatoms. The van der Waals surface area contributed by atoms with Crippen LogP contribution in [0.25, 0.3) is 11.1 Å². The Hall–Kier alpha value is -1.74. The summed E-state index contributed by atoms with van der Waals surface area (Å²) in [6, 6.07) is 5.62. The molecule has 2 aromatic rings. The fraction of sp³-hybridized carbons (Fsp3) is 0.154. The van der Waals surface area contributed by atoms with Crippen LogP contribution in [-0.4, -0.2) is 16.3 Å². The lowest BCUT2D eigenvalue weighted by Gasteiger charge is -2.09. The van der Waals surface area contributed by atoms with Crippen LogP contribution in [0, 0.1) is 0 Å². The number of aromatic nitrogens is 2. The largest absolute Gasteiger partial charge is 0.298 e. The molecule has 0 N–H and O–H groups in total. The highest BCUT2D eigenvalue weighted by atomic mass is 35.5. The zero-order valence-electron chi connectivity index (χ0n) is 9.35. The lowest BCUT2D eigenvalue weighted by Crippen LogP contribution is -1.95. The monoisotopic (exact) mass is 246 g/mol. The lowest BCUT2D eigenvalue weighted by molar-refractivity contribution is 0.112. The first-order valence-electron chi connectivity index (χ1n) is 5.31. The Balaban J connectivity index is 2.58. The highest BCUT2D eigenvalue weighted by Crippen LogP contribution is 2.25. The van der Waals surface area contributed by atoms with Crippen molar-refractivity contribution in [2.75, 3.05) is 0 Å². The Morgan fingerprint density at radius 1 is 1.29 bits per heavy atom. The van der Waals surface area contributed by atoms with Gasteiger partial charge in [-0.05, 0) is 29.1 Å². The molecule has 0 fully saturated rings. The highest BCUT2D eigenvalue weighted by molar-refractivity contribution is 6.28. The maximum atomic E-state index is 11.0. The minimum absolute atomic E-state index is 0.221. The first kappa shape index (κ1) is 11.7. The first-order valence-corrected chi connectivity index (χ1v) is 5.69. The minimum atomic E-state index is 0.221. The zero-order chi connectivity index (χ0) is 12.3. The molecule has 0 aliphatic rings. The molecule has 86 valence electrons. The number of hydrogen-bond acceptors (Lipinski definition) is 3. The fourth-order valence-electron chi connectivity index (χ4n) is 1.83. The number of carbonyl (C=O) groups excluding carboxylic acids is 1. The topological polar surface area (TPSA) is 42.9 Å². The van der Waals surface area contributed by atoms with Crippen molar-refractivity contribution in [1.29, 1.82) is 0 Å². The van der Waals surface area contributed by atoms with Gasteiger partial charge in [0.1, 0.15) is 6.29 Å². The summed E-state index contributed by atoms with van der Waals surface area (Å²) in [5.41, 5.74) is 3.57.